The molecule has 4 rings (SSSR count). The molecule has 0 aliphatic carbocycles. The van der Waals surface area contributed by atoms with Crippen molar-refractivity contribution < 1.29 is 19.4 Å². The molecular weight excluding hydrogens is 440 g/mol. The van der Waals surface area contributed by atoms with Crippen LogP contribution in [0.3, 0.4) is 0 Å². The summed E-state index contributed by atoms with van der Waals surface area (Å²) in [6, 6.07) is 0.0631. The Hall–Kier alpha value is -3.41. The van der Waals surface area contributed by atoms with Crippen LogP contribution in [0.1, 0.15) is 47.3 Å². The van der Waals surface area contributed by atoms with Gasteiger partial charge in [-0.25, -0.2) is 14.5 Å². The van der Waals surface area contributed by atoms with Gasteiger partial charge in [0.15, 0.2) is 5.65 Å². The Morgan fingerprint density at radius 2 is 2.12 bits per heavy atom. The summed E-state index contributed by atoms with van der Waals surface area (Å²) < 4.78 is 15.1. The molecule has 3 atom stereocenters. The summed E-state index contributed by atoms with van der Waals surface area (Å²) in [5, 5.41) is 21.7. The number of likely N-dealkylation sites (tertiary alicyclic amines) is 1. The molecule has 34 heavy (non-hydrogen) atoms. The van der Waals surface area contributed by atoms with E-state index in [0.717, 1.165) is 5.56 Å². The number of carbonyl (C=O) groups is 1. The summed E-state index contributed by atoms with van der Waals surface area (Å²) in [7, 11) is 0. The molecule has 3 aromatic heterocycles. The van der Waals surface area contributed by atoms with Gasteiger partial charge in [0.25, 0.3) is 0 Å². The number of rotatable bonds is 8. The van der Waals surface area contributed by atoms with Gasteiger partial charge >= 0.3 is 6.09 Å². The van der Waals surface area contributed by atoms with Gasteiger partial charge in [-0.15, -0.1) is 5.10 Å². The maximum absolute atomic E-state index is 11.3. The molecule has 1 aliphatic rings. The maximum Gasteiger partial charge on any atom is 0.407 e. The summed E-state index contributed by atoms with van der Waals surface area (Å²) in [5.74, 6) is 1.05. The van der Waals surface area contributed by atoms with E-state index in [2.05, 4.69) is 25.5 Å². The fourth-order valence-corrected chi connectivity index (χ4v) is 4.10. The van der Waals surface area contributed by atoms with Crippen LogP contribution in [0.25, 0.3) is 16.9 Å². The summed E-state index contributed by atoms with van der Waals surface area (Å²) in [6.07, 6.45) is 4.74. The molecule has 1 fully saturated rings. The van der Waals surface area contributed by atoms with E-state index in [4.69, 9.17) is 9.47 Å². The number of fused-ring (bicyclic) bond motifs is 1. The summed E-state index contributed by atoms with van der Waals surface area (Å²) >= 11 is 0. The number of hydrogen-bond acceptors (Lipinski definition) is 8. The van der Waals surface area contributed by atoms with E-state index in [1.807, 2.05) is 40.8 Å². The maximum atomic E-state index is 11.3. The van der Waals surface area contributed by atoms with Gasteiger partial charge in [-0.05, 0) is 40.0 Å². The van der Waals surface area contributed by atoms with Crippen molar-refractivity contribution >= 4 is 17.7 Å². The van der Waals surface area contributed by atoms with Crippen molar-refractivity contribution in [2.75, 3.05) is 25.0 Å². The second kappa shape index (κ2) is 9.84. The average molecular weight is 473 g/mol. The molecule has 1 saturated heterocycles. The molecule has 184 valence electrons. The topological polar surface area (TPSA) is 132 Å². The summed E-state index contributed by atoms with van der Waals surface area (Å²) in [5.41, 5.74) is 1.94. The molecule has 0 bridgehead atoms. The van der Waals surface area contributed by atoms with Gasteiger partial charge in [0.05, 0.1) is 18.5 Å². The molecule has 0 saturated carbocycles. The van der Waals surface area contributed by atoms with Crippen LogP contribution in [0.5, 0.6) is 5.88 Å². The molecular formula is C22H32N8O4. The average Bonchev–Trinajstić information content (AvgIpc) is 3.42. The SMILES string of the molecule is CCOC(C)n1cc(-c2ncc3nc(NC4CCN(C(=O)O)C[C@H]4C)nn3c2OC(C)C)cn1. The molecule has 4 heterocycles. The number of ether oxygens (including phenoxy) is 2. The van der Waals surface area contributed by atoms with E-state index in [-0.39, 0.29) is 24.3 Å². The molecule has 12 heteroatoms. The van der Waals surface area contributed by atoms with E-state index < -0.39 is 6.09 Å². The van der Waals surface area contributed by atoms with Crippen LogP contribution in [0.15, 0.2) is 18.6 Å². The molecule has 2 N–H and O–H groups in total. The minimum absolute atomic E-state index is 0.0631. The van der Waals surface area contributed by atoms with Gasteiger partial charge in [0.2, 0.25) is 11.8 Å². The van der Waals surface area contributed by atoms with Crippen LogP contribution < -0.4 is 10.1 Å². The lowest BCUT2D eigenvalue weighted by atomic mass is 9.94. The largest absolute Gasteiger partial charge is 0.473 e. The van der Waals surface area contributed by atoms with Crippen molar-refractivity contribution in [3.63, 3.8) is 0 Å². The van der Waals surface area contributed by atoms with Crippen molar-refractivity contribution in [2.24, 2.45) is 5.92 Å². The highest BCUT2D eigenvalue weighted by molar-refractivity contribution is 5.66. The third-order valence-electron chi connectivity index (χ3n) is 5.83. The molecule has 12 nitrogen and oxygen atoms in total. The minimum Gasteiger partial charge on any atom is -0.473 e. The van der Waals surface area contributed by atoms with Crippen molar-refractivity contribution in [1.29, 1.82) is 0 Å². The lowest BCUT2D eigenvalue weighted by Crippen LogP contribution is -2.47. The zero-order chi connectivity index (χ0) is 24.4. The van der Waals surface area contributed by atoms with E-state index in [1.54, 1.807) is 21.6 Å². The van der Waals surface area contributed by atoms with E-state index in [0.29, 0.717) is 49.3 Å². The van der Waals surface area contributed by atoms with Crippen molar-refractivity contribution in [2.45, 2.75) is 59.4 Å². The predicted octanol–water partition coefficient (Wildman–Crippen LogP) is 3.13. The lowest BCUT2D eigenvalue weighted by molar-refractivity contribution is 0.0160. The number of anilines is 1. The minimum atomic E-state index is -0.885. The Morgan fingerprint density at radius 3 is 2.79 bits per heavy atom. The van der Waals surface area contributed by atoms with Crippen LogP contribution in [-0.4, -0.2) is 77.3 Å². The van der Waals surface area contributed by atoms with Gasteiger partial charge in [0, 0.05) is 37.5 Å². The van der Waals surface area contributed by atoms with Crippen LogP contribution in [0.4, 0.5) is 10.7 Å². The monoisotopic (exact) mass is 472 g/mol. The quantitative estimate of drug-likeness (QED) is 0.507. The first-order valence-corrected chi connectivity index (χ1v) is 11.6. The summed E-state index contributed by atoms with van der Waals surface area (Å²) in [4.78, 5) is 21.9. The highest BCUT2D eigenvalue weighted by Gasteiger charge is 2.29. The van der Waals surface area contributed by atoms with Crippen LogP contribution in [0.2, 0.25) is 0 Å². The van der Waals surface area contributed by atoms with Gasteiger partial charge in [-0.3, -0.25) is 0 Å². The fraction of sp³-hybridized carbons (Fsp3) is 0.591. The van der Waals surface area contributed by atoms with Crippen LogP contribution in [0, 0.1) is 5.92 Å². The first kappa shape index (κ1) is 23.7. The third-order valence-corrected chi connectivity index (χ3v) is 5.83. The lowest BCUT2D eigenvalue weighted by Gasteiger charge is -2.35. The van der Waals surface area contributed by atoms with Crippen molar-refractivity contribution in [3.05, 3.63) is 18.6 Å². The highest BCUT2D eigenvalue weighted by atomic mass is 16.5. The zero-order valence-corrected chi connectivity index (χ0v) is 20.2. The van der Waals surface area contributed by atoms with E-state index in [1.165, 1.54) is 4.90 Å². The fourth-order valence-electron chi connectivity index (χ4n) is 4.10. The first-order chi connectivity index (χ1) is 16.3. The van der Waals surface area contributed by atoms with Crippen molar-refractivity contribution in [1.82, 2.24) is 34.3 Å². The second-order valence-corrected chi connectivity index (χ2v) is 8.79. The normalized spacial score (nSPS) is 19.5. The highest BCUT2D eigenvalue weighted by Crippen LogP contribution is 2.30. The second-order valence-electron chi connectivity index (χ2n) is 8.79. The molecule has 1 aliphatic heterocycles. The number of carboxylic acid groups (broad SMARTS) is 1. The first-order valence-electron chi connectivity index (χ1n) is 11.6. The van der Waals surface area contributed by atoms with E-state index in [9.17, 15) is 9.90 Å². The van der Waals surface area contributed by atoms with Crippen LogP contribution in [-0.2, 0) is 4.74 Å². The molecule has 0 spiro atoms. The molecule has 0 radical (unpaired) electrons. The number of aromatic nitrogens is 6. The Kier molecular flexibility index (Phi) is 6.87. The van der Waals surface area contributed by atoms with Gasteiger partial charge < -0.3 is 24.8 Å². The Balaban J connectivity index is 1.63. The Bertz CT molecular complexity index is 1140. The van der Waals surface area contributed by atoms with Crippen LogP contribution >= 0.6 is 0 Å². The predicted molar refractivity (Wildman–Crippen MR) is 125 cm³/mol. The van der Waals surface area contributed by atoms with E-state index >= 15 is 0 Å². The number of nitrogens with one attached hydrogen (secondary N) is 1. The number of piperidine rings is 1. The van der Waals surface area contributed by atoms with Gasteiger partial charge in [0.1, 0.15) is 11.9 Å². The number of nitrogens with zero attached hydrogens (tertiary/aromatic N) is 7. The number of amides is 1. The van der Waals surface area contributed by atoms with Gasteiger partial charge in [-0.1, -0.05) is 6.92 Å². The smallest absolute Gasteiger partial charge is 0.407 e. The Morgan fingerprint density at radius 1 is 1.32 bits per heavy atom. The molecule has 1 amide bonds. The Labute approximate surface area is 197 Å². The third kappa shape index (κ3) is 4.91. The molecule has 2 unspecified atom stereocenters. The van der Waals surface area contributed by atoms with Crippen molar-refractivity contribution in [3.8, 4) is 17.1 Å². The number of hydrogen-bond donors (Lipinski definition) is 2. The molecule has 0 aromatic carbocycles. The summed E-state index contributed by atoms with van der Waals surface area (Å²) in [6.45, 7) is 11.3. The zero-order valence-electron chi connectivity index (χ0n) is 20.2. The standard InChI is InChI=1S/C22H32N8O4/c1-6-33-15(5)29-12-16(9-24-29)19-20(34-13(2)3)30-18(10-23-19)26-21(27-30)25-17-7-8-28(22(31)32)11-14(17)4/h9-10,12-15,17H,6-8,11H2,1-5H3,(H,25,27)(H,31,32)/t14-,15?,17?/m1/s1. The van der Waals surface area contributed by atoms with Gasteiger partial charge in [-0.2, -0.15) is 14.6 Å². The molecule has 3 aromatic rings.